The fourth-order valence-corrected chi connectivity index (χ4v) is 7.35. The highest BCUT2D eigenvalue weighted by molar-refractivity contribution is 9.11. The van der Waals surface area contributed by atoms with Crippen LogP contribution in [0.1, 0.15) is 71.1 Å². The molecule has 0 aliphatic carbocycles. The molecule has 0 amide bonds. The molecule has 0 spiro atoms. The van der Waals surface area contributed by atoms with Crippen molar-refractivity contribution in [1.29, 1.82) is 0 Å². The van der Waals surface area contributed by atoms with Gasteiger partial charge in [-0.25, -0.2) is 0 Å². The first-order valence-corrected chi connectivity index (χ1v) is 29.8. The molecule has 0 aliphatic heterocycles. The second-order valence-corrected chi connectivity index (χ2v) is 18.7. The van der Waals surface area contributed by atoms with Crippen molar-refractivity contribution in [2.45, 2.75) is 71.1 Å². The molecule has 0 radical (unpaired) electrons. The molecule has 1 aromatic rings. The van der Waals surface area contributed by atoms with E-state index in [4.69, 9.17) is 94.7 Å². The lowest BCUT2D eigenvalue weighted by Crippen LogP contribution is -2.16. The normalized spacial score (nSPS) is 11.6. The van der Waals surface area contributed by atoms with Gasteiger partial charge in [0.1, 0.15) is 18.1 Å². The Morgan fingerprint density at radius 3 is 0.636 bits per heavy atom. The zero-order chi connectivity index (χ0) is 55.1. The van der Waals surface area contributed by atoms with E-state index in [1.807, 2.05) is 12.1 Å². The minimum atomic E-state index is 0.428. The van der Waals surface area contributed by atoms with Gasteiger partial charge in [0.25, 0.3) is 0 Å². The lowest BCUT2D eigenvalue weighted by molar-refractivity contribution is -0.0309. The number of methoxy groups -OCH3 is 1. The standard InChI is InChI=1S/C55H102Br2O20/c1-3-4-5-6-7-8-9-10-11-12-13-76-54-50-53(57)55(51-52(54)56)77-49-48-75-47-46-74-45-44-73-43-42-72-41-40-71-39-38-70-37-36-69-35-34-68-33-32-67-31-30-66-29-28-65-27-26-64-25-24-63-23-22-62-21-20-61-19-18-60-17-16-59-15-14-58-2/h50-51H,3-49H2,1-2H3. The topological polar surface area (TPSA) is 185 Å². The van der Waals surface area contributed by atoms with Crippen LogP contribution in [-0.2, 0) is 85.3 Å². The lowest BCUT2D eigenvalue weighted by Gasteiger charge is -2.13. The molecule has 1 aromatic carbocycles. The molecule has 0 N–H and O–H groups in total. The molecule has 0 bridgehead atoms. The summed E-state index contributed by atoms with van der Waals surface area (Å²) in [6.45, 7) is 21.0. The maximum absolute atomic E-state index is 6.02. The van der Waals surface area contributed by atoms with Gasteiger partial charge in [-0.15, -0.1) is 0 Å². The summed E-state index contributed by atoms with van der Waals surface area (Å²) in [6, 6.07) is 3.88. The molecule has 77 heavy (non-hydrogen) atoms. The summed E-state index contributed by atoms with van der Waals surface area (Å²) in [4.78, 5) is 0. The van der Waals surface area contributed by atoms with E-state index in [2.05, 4.69) is 38.8 Å². The Bertz CT molecular complexity index is 1300. The number of hydrogen-bond donors (Lipinski definition) is 0. The van der Waals surface area contributed by atoms with Gasteiger partial charge in [-0.2, -0.15) is 0 Å². The molecule has 22 heteroatoms. The van der Waals surface area contributed by atoms with E-state index in [9.17, 15) is 0 Å². The largest absolute Gasteiger partial charge is 0.492 e. The SMILES string of the molecule is CCCCCCCCCCCCOc1cc(Br)c(OCCOCCOCCOCCOCCOCCOCCOCCOCCOCCOCCOCCOCCOCCOCCOCCOCCOCCOC)cc1Br. The zero-order valence-corrected chi connectivity index (χ0v) is 50.5. The van der Waals surface area contributed by atoms with Crippen LogP contribution in [0.25, 0.3) is 0 Å². The lowest BCUT2D eigenvalue weighted by atomic mass is 10.1. The first kappa shape index (κ1) is 74.1. The van der Waals surface area contributed by atoms with Crippen molar-refractivity contribution in [3.63, 3.8) is 0 Å². The van der Waals surface area contributed by atoms with Crippen LogP contribution in [0.15, 0.2) is 21.1 Å². The molecule has 0 aliphatic rings. The van der Waals surface area contributed by atoms with Crippen molar-refractivity contribution < 1.29 is 94.7 Å². The summed E-state index contributed by atoms with van der Waals surface area (Å²) in [5, 5.41) is 0. The van der Waals surface area contributed by atoms with Crippen LogP contribution in [-0.4, -0.2) is 252 Å². The predicted octanol–water partition coefficient (Wildman–Crippen LogP) is 7.82. The summed E-state index contributed by atoms with van der Waals surface area (Å²) < 4.78 is 112. The molecule has 0 atom stereocenters. The second-order valence-electron chi connectivity index (χ2n) is 17.0. The van der Waals surface area contributed by atoms with Crippen LogP contribution in [0.5, 0.6) is 11.5 Å². The average molecular weight is 1240 g/mol. The van der Waals surface area contributed by atoms with Crippen LogP contribution >= 0.6 is 31.9 Å². The molecule has 0 saturated carbocycles. The van der Waals surface area contributed by atoms with Gasteiger partial charge >= 0.3 is 0 Å². The number of unbranched alkanes of at least 4 members (excludes halogenated alkanes) is 9. The summed E-state index contributed by atoms with van der Waals surface area (Å²) in [7, 11) is 1.65. The van der Waals surface area contributed by atoms with Crippen molar-refractivity contribution in [2.24, 2.45) is 0 Å². The summed E-state index contributed by atoms with van der Waals surface area (Å²) >= 11 is 7.23. The summed E-state index contributed by atoms with van der Waals surface area (Å²) in [6.07, 6.45) is 13.0. The van der Waals surface area contributed by atoms with Crippen LogP contribution in [0.4, 0.5) is 0 Å². The first-order chi connectivity index (χ1) is 38.2. The number of halogens is 2. The van der Waals surface area contributed by atoms with Crippen molar-refractivity contribution in [2.75, 3.05) is 252 Å². The minimum Gasteiger partial charge on any atom is -0.492 e. The van der Waals surface area contributed by atoms with Crippen molar-refractivity contribution in [3.8, 4) is 11.5 Å². The highest BCUT2D eigenvalue weighted by atomic mass is 79.9. The Hall–Kier alpha value is -0.940. The molecule has 1 rings (SSSR count). The maximum atomic E-state index is 6.02. The first-order valence-electron chi connectivity index (χ1n) is 28.2. The van der Waals surface area contributed by atoms with E-state index in [1.54, 1.807) is 7.11 Å². The monoisotopic (exact) mass is 1240 g/mol. The zero-order valence-electron chi connectivity index (χ0n) is 47.3. The van der Waals surface area contributed by atoms with Gasteiger partial charge in [-0.05, 0) is 50.4 Å². The van der Waals surface area contributed by atoms with Crippen molar-refractivity contribution in [3.05, 3.63) is 21.1 Å². The maximum Gasteiger partial charge on any atom is 0.134 e. The van der Waals surface area contributed by atoms with E-state index in [0.29, 0.717) is 244 Å². The molecule has 20 nitrogen and oxygen atoms in total. The van der Waals surface area contributed by atoms with Crippen molar-refractivity contribution >= 4 is 31.9 Å². The van der Waals surface area contributed by atoms with Crippen molar-refractivity contribution in [1.82, 2.24) is 0 Å². The molecule has 0 saturated heterocycles. The number of ether oxygens (including phenoxy) is 20. The molecule has 0 heterocycles. The van der Waals surface area contributed by atoms with Crippen LogP contribution in [0.2, 0.25) is 0 Å². The smallest absolute Gasteiger partial charge is 0.134 e. The fourth-order valence-electron chi connectivity index (χ4n) is 6.48. The molecular formula is C55H102Br2O20. The molecule has 0 fully saturated rings. The fraction of sp³-hybridized carbons (Fsp3) is 0.891. The van der Waals surface area contributed by atoms with Gasteiger partial charge in [0.05, 0.1) is 247 Å². The second kappa shape index (κ2) is 64.2. The van der Waals surface area contributed by atoms with E-state index in [0.717, 1.165) is 26.9 Å². The van der Waals surface area contributed by atoms with Crippen LogP contribution in [0, 0.1) is 0 Å². The highest BCUT2D eigenvalue weighted by Gasteiger charge is 2.10. The third-order valence-corrected chi connectivity index (χ3v) is 11.9. The average Bonchev–Trinajstić information content (AvgIpc) is 3.43. The number of hydrogen-bond acceptors (Lipinski definition) is 20. The molecule has 456 valence electrons. The third kappa shape index (κ3) is 56.7. The minimum absolute atomic E-state index is 0.428. The van der Waals surface area contributed by atoms with E-state index >= 15 is 0 Å². The molecular weight excluding hydrogens is 1140 g/mol. The Morgan fingerprint density at radius 1 is 0.234 bits per heavy atom. The van der Waals surface area contributed by atoms with E-state index in [-0.39, 0.29) is 0 Å². The summed E-state index contributed by atoms with van der Waals surface area (Å²) in [5.41, 5.74) is 0. The highest BCUT2D eigenvalue weighted by Crippen LogP contribution is 2.36. The quantitative estimate of drug-likeness (QED) is 0.0575. The van der Waals surface area contributed by atoms with Crippen LogP contribution < -0.4 is 9.47 Å². The Kier molecular flexibility index (Phi) is 61.8. The van der Waals surface area contributed by atoms with E-state index < -0.39 is 0 Å². The van der Waals surface area contributed by atoms with Gasteiger partial charge in [0.15, 0.2) is 0 Å². The van der Waals surface area contributed by atoms with Gasteiger partial charge in [0, 0.05) is 7.11 Å². The van der Waals surface area contributed by atoms with Gasteiger partial charge in [0.2, 0.25) is 0 Å². The van der Waals surface area contributed by atoms with Gasteiger partial charge in [-0.3, -0.25) is 0 Å². The number of rotatable bonds is 67. The summed E-state index contributed by atoms with van der Waals surface area (Å²) in [5.74, 6) is 1.55. The predicted molar refractivity (Wildman–Crippen MR) is 300 cm³/mol. The van der Waals surface area contributed by atoms with Gasteiger partial charge < -0.3 is 94.7 Å². The Morgan fingerprint density at radius 2 is 0.416 bits per heavy atom. The molecule has 0 unspecified atom stereocenters. The Balaban J connectivity index is 1.68. The third-order valence-electron chi connectivity index (χ3n) is 10.6. The molecule has 0 aromatic heterocycles. The van der Waals surface area contributed by atoms with Gasteiger partial charge in [-0.1, -0.05) is 64.7 Å². The Labute approximate surface area is 479 Å². The van der Waals surface area contributed by atoms with E-state index in [1.165, 1.54) is 57.8 Å². The number of benzene rings is 1. The van der Waals surface area contributed by atoms with Crippen LogP contribution in [0.3, 0.4) is 0 Å².